The molecule has 2 saturated heterocycles. The van der Waals surface area contributed by atoms with Crippen molar-refractivity contribution in [2.75, 3.05) is 26.8 Å². The van der Waals surface area contributed by atoms with E-state index >= 15 is 0 Å². The molecule has 0 bridgehead atoms. The van der Waals surface area contributed by atoms with Crippen molar-refractivity contribution in [3.63, 3.8) is 0 Å². The molecule has 1 aromatic carbocycles. The Hall–Kier alpha value is -2.54. The van der Waals surface area contributed by atoms with Crippen molar-refractivity contribution < 1.29 is 24.2 Å². The van der Waals surface area contributed by atoms with E-state index < -0.39 is 11.9 Å². The molecule has 144 valence electrons. The van der Waals surface area contributed by atoms with Crippen LogP contribution in [0.15, 0.2) is 24.3 Å². The molecular formula is C20H24N2O5. The van der Waals surface area contributed by atoms with Crippen LogP contribution in [0, 0.1) is 11.8 Å². The number of carbonyl (C=O) groups excluding carboxylic acids is 1. The van der Waals surface area contributed by atoms with Gasteiger partial charge < -0.3 is 24.5 Å². The Balaban J connectivity index is 1.42. The number of aliphatic carboxylic acids is 1. The predicted octanol–water partition coefficient (Wildman–Crippen LogP) is 2.52. The number of likely N-dealkylation sites (tertiary alicyclic amines) is 1. The van der Waals surface area contributed by atoms with Crippen LogP contribution in [0.2, 0.25) is 0 Å². The van der Waals surface area contributed by atoms with Crippen molar-refractivity contribution in [1.82, 2.24) is 9.88 Å². The van der Waals surface area contributed by atoms with Gasteiger partial charge in [-0.05, 0) is 49.4 Å². The zero-order valence-electron chi connectivity index (χ0n) is 15.3. The van der Waals surface area contributed by atoms with Gasteiger partial charge in [0.2, 0.25) is 0 Å². The zero-order valence-corrected chi connectivity index (χ0v) is 15.3. The Labute approximate surface area is 157 Å². The summed E-state index contributed by atoms with van der Waals surface area (Å²) in [6.07, 6.45) is 1.90. The maximum atomic E-state index is 12.9. The number of carboxylic acids is 1. The van der Waals surface area contributed by atoms with E-state index in [2.05, 4.69) is 4.98 Å². The van der Waals surface area contributed by atoms with E-state index in [1.165, 1.54) is 0 Å². The number of hydrogen-bond donors (Lipinski definition) is 2. The summed E-state index contributed by atoms with van der Waals surface area (Å²) in [6, 6.07) is 7.52. The van der Waals surface area contributed by atoms with Gasteiger partial charge in [-0.15, -0.1) is 0 Å². The largest absolute Gasteiger partial charge is 0.497 e. The van der Waals surface area contributed by atoms with Crippen molar-refractivity contribution in [2.24, 2.45) is 11.8 Å². The molecule has 2 aliphatic rings. The highest BCUT2D eigenvalue weighted by Crippen LogP contribution is 2.33. The summed E-state index contributed by atoms with van der Waals surface area (Å²) >= 11 is 0. The van der Waals surface area contributed by atoms with Gasteiger partial charge in [-0.3, -0.25) is 9.59 Å². The van der Waals surface area contributed by atoms with E-state index in [0.29, 0.717) is 31.8 Å². The number of aromatic amines is 1. The molecule has 1 unspecified atom stereocenters. The van der Waals surface area contributed by atoms with Crippen molar-refractivity contribution in [3.05, 3.63) is 30.0 Å². The molecular weight excluding hydrogens is 348 g/mol. The van der Waals surface area contributed by atoms with Crippen molar-refractivity contribution in [3.8, 4) is 5.75 Å². The molecule has 4 rings (SSSR count). The number of piperidine rings is 1. The number of rotatable bonds is 4. The number of amides is 1. The van der Waals surface area contributed by atoms with Gasteiger partial charge in [-0.25, -0.2) is 0 Å². The molecule has 3 heterocycles. The lowest BCUT2D eigenvalue weighted by atomic mass is 9.84. The maximum absolute atomic E-state index is 12.9. The fourth-order valence-electron chi connectivity index (χ4n) is 4.29. The molecule has 7 nitrogen and oxygen atoms in total. The number of benzene rings is 1. The number of H-pyrrole nitrogens is 1. The number of aromatic nitrogens is 1. The molecule has 2 fully saturated rings. The van der Waals surface area contributed by atoms with E-state index in [4.69, 9.17) is 9.47 Å². The number of carboxylic acid groups (broad SMARTS) is 1. The van der Waals surface area contributed by atoms with E-state index in [1.807, 2.05) is 29.2 Å². The van der Waals surface area contributed by atoms with Crippen molar-refractivity contribution in [2.45, 2.75) is 25.4 Å². The minimum Gasteiger partial charge on any atom is -0.497 e. The molecule has 0 saturated carbocycles. The summed E-state index contributed by atoms with van der Waals surface area (Å²) in [5.74, 6) is -0.258. The average Bonchev–Trinajstić information content (AvgIpc) is 3.34. The van der Waals surface area contributed by atoms with Gasteiger partial charge in [0.15, 0.2) is 0 Å². The molecule has 1 aromatic heterocycles. The molecule has 0 spiro atoms. The van der Waals surface area contributed by atoms with Crippen LogP contribution in [0.3, 0.4) is 0 Å². The first-order valence-electron chi connectivity index (χ1n) is 9.37. The van der Waals surface area contributed by atoms with Crippen molar-refractivity contribution in [1.29, 1.82) is 0 Å². The Bertz CT molecular complexity index is 853. The van der Waals surface area contributed by atoms with E-state index in [-0.39, 0.29) is 17.9 Å². The third kappa shape index (κ3) is 3.39. The van der Waals surface area contributed by atoms with Crippen LogP contribution in [-0.2, 0) is 9.53 Å². The van der Waals surface area contributed by atoms with Gasteiger partial charge in [-0.2, -0.15) is 0 Å². The molecule has 1 amide bonds. The SMILES string of the molecule is COc1ccc2[nH]c(C(=O)N3CCC([C@@H]4OCCC4C(=O)O)CC3)cc2c1. The molecule has 27 heavy (non-hydrogen) atoms. The monoisotopic (exact) mass is 372 g/mol. The highest BCUT2D eigenvalue weighted by molar-refractivity contribution is 5.98. The second-order valence-corrected chi connectivity index (χ2v) is 7.33. The minimum atomic E-state index is -0.774. The highest BCUT2D eigenvalue weighted by Gasteiger charge is 2.40. The first kappa shape index (κ1) is 17.9. The highest BCUT2D eigenvalue weighted by atomic mass is 16.5. The van der Waals surface area contributed by atoms with E-state index in [1.54, 1.807) is 7.11 Å². The molecule has 2 N–H and O–H groups in total. The minimum absolute atomic E-state index is 0.0225. The molecule has 0 aliphatic carbocycles. The number of ether oxygens (including phenoxy) is 2. The Morgan fingerprint density at radius 3 is 2.70 bits per heavy atom. The van der Waals surface area contributed by atoms with Crippen LogP contribution >= 0.6 is 0 Å². The van der Waals surface area contributed by atoms with Crippen LogP contribution in [0.25, 0.3) is 10.9 Å². The van der Waals surface area contributed by atoms with Crippen LogP contribution in [-0.4, -0.2) is 59.8 Å². The number of nitrogens with zero attached hydrogens (tertiary/aromatic N) is 1. The zero-order chi connectivity index (χ0) is 19.0. The first-order valence-corrected chi connectivity index (χ1v) is 9.37. The lowest BCUT2D eigenvalue weighted by Crippen LogP contribution is -2.43. The summed E-state index contributed by atoms with van der Waals surface area (Å²) < 4.78 is 10.9. The van der Waals surface area contributed by atoms with Crippen LogP contribution in [0.5, 0.6) is 5.75 Å². The summed E-state index contributed by atoms with van der Waals surface area (Å²) in [4.78, 5) is 29.3. The standard InChI is InChI=1S/C20H24N2O5/c1-26-14-2-3-16-13(10-14)11-17(21-16)19(23)22-7-4-12(5-8-22)18-15(20(24)25)6-9-27-18/h2-3,10-12,15,18,21H,4-9H2,1H3,(H,24,25)/t15?,18-/m0/s1. The Morgan fingerprint density at radius 2 is 2.00 bits per heavy atom. The summed E-state index contributed by atoms with van der Waals surface area (Å²) in [5, 5.41) is 10.3. The third-order valence-corrected chi connectivity index (χ3v) is 5.80. The fourth-order valence-corrected chi connectivity index (χ4v) is 4.29. The van der Waals surface area contributed by atoms with Gasteiger partial charge in [-0.1, -0.05) is 0 Å². The van der Waals surface area contributed by atoms with Gasteiger partial charge in [0, 0.05) is 30.6 Å². The van der Waals surface area contributed by atoms with Crippen molar-refractivity contribution >= 4 is 22.8 Å². The van der Waals surface area contributed by atoms with E-state index in [0.717, 1.165) is 29.5 Å². The summed E-state index contributed by atoms with van der Waals surface area (Å²) in [7, 11) is 1.62. The normalized spacial score (nSPS) is 23.7. The fraction of sp³-hybridized carbons (Fsp3) is 0.500. The third-order valence-electron chi connectivity index (χ3n) is 5.80. The lowest BCUT2D eigenvalue weighted by molar-refractivity contribution is -0.145. The second kappa shape index (κ2) is 7.23. The van der Waals surface area contributed by atoms with Crippen LogP contribution < -0.4 is 4.74 Å². The molecule has 2 atom stereocenters. The summed E-state index contributed by atoms with van der Waals surface area (Å²) in [5.41, 5.74) is 1.47. The first-order chi connectivity index (χ1) is 13.1. The van der Waals surface area contributed by atoms with Crippen LogP contribution in [0.4, 0.5) is 0 Å². The Kier molecular flexibility index (Phi) is 4.78. The number of carbonyl (C=O) groups is 2. The number of nitrogens with one attached hydrogen (secondary N) is 1. The van der Waals surface area contributed by atoms with Gasteiger partial charge in [0.25, 0.3) is 5.91 Å². The van der Waals surface area contributed by atoms with Crippen LogP contribution in [0.1, 0.15) is 29.8 Å². The molecule has 2 aliphatic heterocycles. The average molecular weight is 372 g/mol. The van der Waals surface area contributed by atoms with E-state index in [9.17, 15) is 14.7 Å². The lowest BCUT2D eigenvalue weighted by Gasteiger charge is -2.35. The number of fused-ring (bicyclic) bond motifs is 1. The molecule has 2 aromatic rings. The number of methoxy groups -OCH3 is 1. The Morgan fingerprint density at radius 1 is 1.22 bits per heavy atom. The molecule has 7 heteroatoms. The molecule has 0 radical (unpaired) electrons. The number of hydrogen-bond acceptors (Lipinski definition) is 4. The predicted molar refractivity (Wildman–Crippen MR) is 99.0 cm³/mol. The topological polar surface area (TPSA) is 91.9 Å². The summed E-state index contributed by atoms with van der Waals surface area (Å²) in [6.45, 7) is 1.75. The van der Waals surface area contributed by atoms with Gasteiger partial charge in [0.1, 0.15) is 11.4 Å². The quantitative estimate of drug-likeness (QED) is 0.860. The second-order valence-electron chi connectivity index (χ2n) is 7.33. The smallest absolute Gasteiger partial charge is 0.309 e. The van der Waals surface area contributed by atoms with Gasteiger partial charge >= 0.3 is 5.97 Å². The maximum Gasteiger partial charge on any atom is 0.309 e. The van der Waals surface area contributed by atoms with Gasteiger partial charge in [0.05, 0.1) is 19.1 Å².